The Morgan fingerprint density at radius 1 is 1.00 bits per heavy atom. The van der Waals surface area contributed by atoms with Crippen LogP contribution in [-0.4, -0.2) is 5.16 Å². The van der Waals surface area contributed by atoms with E-state index >= 15 is 0 Å². The van der Waals surface area contributed by atoms with Crippen LogP contribution in [-0.2, 0) is 4.57 Å². The van der Waals surface area contributed by atoms with E-state index < -0.39 is 7.29 Å². The minimum Gasteiger partial charge on any atom is -0.301 e. The highest BCUT2D eigenvalue weighted by atomic mass is 31.2. The molecule has 0 bridgehead atoms. The predicted octanol–water partition coefficient (Wildman–Crippen LogP) is 5.05. The average Bonchev–Trinajstić information content (AvgIpc) is 2.47. The molecule has 2 unspecified atom stereocenters. The second-order valence-electron chi connectivity index (χ2n) is 6.88. The number of hydrogen-bond donors (Lipinski definition) is 1. The molecule has 0 aliphatic heterocycles. The quantitative estimate of drug-likeness (QED) is 0.800. The maximum Gasteiger partial charge on any atom is 0.181 e. The molecule has 22 heavy (non-hydrogen) atoms. The molecule has 2 aromatic carbocycles. The number of hydrogen-bond acceptors (Lipinski definition) is 1. The largest absolute Gasteiger partial charge is 0.301 e. The number of aryl methyl sites for hydroxylation is 1. The fourth-order valence-electron chi connectivity index (χ4n) is 2.58. The Labute approximate surface area is 134 Å². The summed E-state index contributed by atoms with van der Waals surface area (Å²) in [5, 5.41) is 4.00. The zero-order valence-electron chi connectivity index (χ0n) is 14.1. The molecule has 3 heteroatoms. The molecule has 2 nitrogen and oxygen atoms in total. The Balaban J connectivity index is 2.38. The lowest BCUT2D eigenvalue weighted by molar-refractivity contribution is 0.533. The highest BCUT2D eigenvalue weighted by Gasteiger charge is 2.39. The Hall–Kier alpha value is -1.37. The van der Waals surface area contributed by atoms with Gasteiger partial charge in [-0.1, -0.05) is 80.9 Å². The molecule has 0 fully saturated rings. The van der Waals surface area contributed by atoms with Crippen LogP contribution in [0.3, 0.4) is 0 Å². The Bertz CT molecular complexity index is 673. The second kappa shape index (κ2) is 6.40. The van der Waals surface area contributed by atoms with Crippen molar-refractivity contribution in [2.75, 3.05) is 0 Å². The van der Waals surface area contributed by atoms with Crippen LogP contribution in [0.15, 0.2) is 54.6 Å². The molecular formula is C19H26NOP. The van der Waals surface area contributed by atoms with Crippen LogP contribution in [0.25, 0.3) is 0 Å². The molecule has 0 spiro atoms. The maximum atomic E-state index is 13.8. The van der Waals surface area contributed by atoms with Gasteiger partial charge >= 0.3 is 0 Å². The lowest BCUT2D eigenvalue weighted by atomic mass is 10.1. The van der Waals surface area contributed by atoms with Gasteiger partial charge in [-0.05, 0) is 19.4 Å². The van der Waals surface area contributed by atoms with Gasteiger partial charge in [-0.2, -0.15) is 0 Å². The van der Waals surface area contributed by atoms with E-state index in [0.29, 0.717) is 0 Å². The summed E-state index contributed by atoms with van der Waals surface area (Å²) in [6, 6.07) is 18.2. The van der Waals surface area contributed by atoms with E-state index in [1.165, 1.54) is 11.1 Å². The summed E-state index contributed by atoms with van der Waals surface area (Å²) in [6.45, 7) is 10.3. The van der Waals surface area contributed by atoms with Gasteiger partial charge in [0.2, 0.25) is 0 Å². The zero-order chi connectivity index (χ0) is 16.4. The Morgan fingerprint density at radius 3 is 2.18 bits per heavy atom. The molecular weight excluding hydrogens is 289 g/mol. The number of rotatable bonds is 4. The zero-order valence-corrected chi connectivity index (χ0v) is 15.0. The molecule has 118 valence electrons. The summed E-state index contributed by atoms with van der Waals surface area (Å²) in [5.74, 6) is 0. The Kier molecular flexibility index (Phi) is 4.94. The van der Waals surface area contributed by atoms with Crippen molar-refractivity contribution in [2.24, 2.45) is 0 Å². The van der Waals surface area contributed by atoms with E-state index in [-0.39, 0.29) is 11.2 Å². The van der Waals surface area contributed by atoms with Crippen molar-refractivity contribution < 1.29 is 4.57 Å². The number of nitrogens with one attached hydrogen (secondary N) is 1. The lowest BCUT2D eigenvalue weighted by Gasteiger charge is -2.34. The SMILES string of the molecule is Cc1cccc(C(C)NP(=O)(c2ccccc2)C(C)(C)C)c1. The average molecular weight is 315 g/mol. The van der Waals surface area contributed by atoms with Gasteiger partial charge in [0.15, 0.2) is 7.29 Å². The maximum absolute atomic E-state index is 13.8. The van der Waals surface area contributed by atoms with Gasteiger partial charge in [0.1, 0.15) is 0 Å². The highest BCUT2D eigenvalue weighted by molar-refractivity contribution is 7.71. The van der Waals surface area contributed by atoms with Gasteiger partial charge in [-0.25, -0.2) is 0 Å². The molecule has 0 saturated heterocycles. The first-order chi connectivity index (χ1) is 10.2. The van der Waals surface area contributed by atoms with E-state index in [4.69, 9.17) is 0 Å². The fourth-order valence-corrected chi connectivity index (χ4v) is 5.18. The summed E-state index contributed by atoms with van der Waals surface area (Å²) in [7, 11) is -2.74. The predicted molar refractivity (Wildman–Crippen MR) is 96.2 cm³/mol. The van der Waals surface area contributed by atoms with Crippen LogP contribution >= 0.6 is 7.29 Å². The van der Waals surface area contributed by atoms with E-state index in [2.05, 4.69) is 37.1 Å². The van der Waals surface area contributed by atoms with Crippen molar-refractivity contribution in [3.8, 4) is 0 Å². The summed E-state index contributed by atoms with van der Waals surface area (Å²) < 4.78 is 13.8. The third kappa shape index (κ3) is 3.51. The fraction of sp³-hybridized carbons (Fsp3) is 0.368. The molecule has 0 aliphatic rings. The first-order valence-electron chi connectivity index (χ1n) is 7.74. The molecule has 0 saturated carbocycles. The minimum atomic E-state index is -2.74. The van der Waals surface area contributed by atoms with Gasteiger partial charge < -0.3 is 4.57 Å². The summed E-state index contributed by atoms with van der Waals surface area (Å²) in [6.07, 6.45) is 0. The summed E-state index contributed by atoms with van der Waals surface area (Å²) >= 11 is 0. The molecule has 1 N–H and O–H groups in total. The minimum absolute atomic E-state index is 0.0326. The first kappa shape index (κ1) is 17.0. The van der Waals surface area contributed by atoms with Crippen LogP contribution in [0.5, 0.6) is 0 Å². The molecule has 0 radical (unpaired) electrons. The van der Waals surface area contributed by atoms with Crippen LogP contribution < -0.4 is 10.4 Å². The van der Waals surface area contributed by atoms with Gasteiger partial charge in [0.05, 0.1) is 0 Å². The van der Waals surface area contributed by atoms with E-state index in [0.717, 1.165) is 5.30 Å². The van der Waals surface area contributed by atoms with Gasteiger partial charge in [0, 0.05) is 16.5 Å². The van der Waals surface area contributed by atoms with Crippen molar-refractivity contribution in [2.45, 2.75) is 45.8 Å². The van der Waals surface area contributed by atoms with Gasteiger partial charge in [-0.3, -0.25) is 5.09 Å². The normalized spacial score (nSPS) is 16.0. The molecule has 2 atom stereocenters. The van der Waals surface area contributed by atoms with Crippen LogP contribution in [0.1, 0.15) is 44.9 Å². The molecule has 2 rings (SSSR count). The van der Waals surface area contributed by atoms with E-state index in [1.54, 1.807) is 0 Å². The van der Waals surface area contributed by atoms with Gasteiger partial charge in [0.25, 0.3) is 0 Å². The smallest absolute Gasteiger partial charge is 0.181 e. The third-order valence-electron chi connectivity index (χ3n) is 3.98. The van der Waals surface area contributed by atoms with Crippen molar-refractivity contribution in [1.29, 1.82) is 0 Å². The van der Waals surface area contributed by atoms with Crippen molar-refractivity contribution in [3.05, 3.63) is 65.7 Å². The molecule has 0 amide bonds. The molecule has 0 aromatic heterocycles. The molecule has 0 aliphatic carbocycles. The summed E-state index contributed by atoms with van der Waals surface area (Å²) in [4.78, 5) is 0. The molecule has 0 heterocycles. The van der Waals surface area contributed by atoms with Crippen LogP contribution in [0.4, 0.5) is 0 Å². The second-order valence-corrected chi connectivity index (χ2v) is 10.2. The van der Waals surface area contributed by atoms with Crippen LogP contribution in [0.2, 0.25) is 0 Å². The third-order valence-corrected chi connectivity index (χ3v) is 7.65. The lowest BCUT2D eigenvalue weighted by Crippen LogP contribution is -2.34. The summed E-state index contributed by atoms with van der Waals surface area (Å²) in [5.41, 5.74) is 2.39. The highest BCUT2D eigenvalue weighted by Crippen LogP contribution is 2.54. The monoisotopic (exact) mass is 315 g/mol. The van der Waals surface area contributed by atoms with Gasteiger partial charge in [-0.15, -0.1) is 0 Å². The van der Waals surface area contributed by atoms with Crippen molar-refractivity contribution in [3.63, 3.8) is 0 Å². The van der Waals surface area contributed by atoms with Crippen LogP contribution in [0, 0.1) is 6.92 Å². The molecule has 2 aromatic rings. The topological polar surface area (TPSA) is 29.1 Å². The first-order valence-corrected chi connectivity index (χ1v) is 9.45. The van der Waals surface area contributed by atoms with E-state index in [9.17, 15) is 4.57 Å². The van der Waals surface area contributed by atoms with E-state index in [1.807, 2.05) is 57.2 Å². The standard InChI is InChI=1S/C19H26NOP/c1-15-10-9-11-17(14-15)16(2)20-22(21,19(3,4)5)18-12-7-6-8-13-18/h6-14,16H,1-5H3,(H,20,21). The van der Waals surface area contributed by atoms with Crippen molar-refractivity contribution >= 4 is 12.6 Å². The van der Waals surface area contributed by atoms with Crippen molar-refractivity contribution in [1.82, 2.24) is 5.09 Å². The Morgan fingerprint density at radius 2 is 1.64 bits per heavy atom. The number of benzene rings is 2.